The van der Waals surface area contributed by atoms with Gasteiger partial charge in [-0.1, -0.05) is 38.1 Å². The average molecular weight is 178 g/mol. The predicted octanol–water partition coefficient (Wildman–Crippen LogP) is 3.24. The molecule has 1 aromatic carbocycles. The summed E-state index contributed by atoms with van der Waals surface area (Å²) >= 11 is 4.65. The van der Waals surface area contributed by atoms with E-state index in [0.717, 1.165) is 6.42 Å². The predicted molar refractivity (Wildman–Crippen MR) is 55.7 cm³/mol. The highest BCUT2D eigenvalue weighted by molar-refractivity contribution is 7.80. The number of hydrogen-bond donors (Lipinski definition) is 1. The van der Waals surface area contributed by atoms with Crippen molar-refractivity contribution in [3.05, 3.63) is 35.4 Å². The minimum absolute atomic E-state index is 0.326. The summed E-state index contributed by atoms with van der Waals surface area (Å²) in [4.78, 5) is 0. The van der Waals surface area contributed by atoms with Gasteiger partial charge in [0.1, 0.15) is 0 Å². The third-order valence-electron chi connectivity index (χ3n) is 2.74. The van der Waals surface area contributed by atoms with E-state index in [-0.39, 0.29) is 0 Å². The minimum atomic E-state index is 0.326. The third kappa shape index (κ3) is 1.08. The molecule has 1 heteroatoms. The fraction of sp³-hybridized carbons (Fsp3) is 0.455. The molecule has 0 aliphatic heterocycles. The molecule has 0 amide bonds. The number of hydrogen-bond acceptors (Lipinski definition) is 1. The molecule has 0 bridgehead atoms. The molecule has 64 valence electrons. The van der Waals surface area contributed by atoms with Crippen molar-refractivity contribution in [1.29, 1.82) is 0 Å². The first kappa shape index (κ1) is 8.18. The summed E-state index contributed by atoms with van der Waals surface area (Å²) in [6, 6.07) is 8.62. The molecule has 1 aromatic rings. The number of fused-ring (bicyclic) bond motifs is 1. The lowest BCUT2D eigenvalue weighted by molar-refractivity contribution is 0.386. The first-order valence-corrected chi connectivity index (χ1v) is 4.89. The summed E-state index contributed by atoms with van der Waals surface area (Å²) in [5.41, 5.74) is 3.22. The standard InChI is InChI=1S/C11H14S/c1-11(2)7-8-5-3-4-6-9(8)10(11)12/h3-6,10,12H,7H2,1-2H3. The fourth-order valence-corrected chi connectivity index (χ4v) is 2.31. The molecule has 0 heterocycles. The number of thiol groups is 1. The van der Waals surface area contributed by atoms with Crippen molar-refractivity contribution in [2.75, 3.05) is 0 Å². The van der Waals surface area contributed by atoms with E-state index >= 15 is 0 Å². The largest absolute Gasteiger partial charge is 0.171 e. The molecule has 1 atom stereocenters. The van der Waals surface area contributed by atoms with Crippen molar-refractivity contribution >= 4 is 12.6 Å². The second-order valence-electron chi connectivity index (χ2n) is 4.27. The lowest BCUT2D eigenvalue weighted by atomic mass is 9.90. The van der Waals surface area contributed by atoms with Crippen molar-refractivity contribution in [2.45, 2.75) is 25.5 Å². The third-order valence-corrected chi connectivity index (χ3v) is 3.71. The molecule has 0 radical (unpaired) electrons. The van der Waals surface area contributed by atoms with Crippen LogP contribution in [-0.4, -0.2) is 0 Å². The summed E-state index contributed by atoms with van der Waals surface area (Å²) < 4.78 is 0. The fourth-order valence-electron chi connectivity index (χ4n) is 1.97. The van der Waals surface area contributed by atoms with E-state index in [4.69, 9.17) is 0 Å². The van der Waals surface area contributed by atoms with Gasteiger partial charge in [-0.2, -0.15) is 12.6 Å². The molecule has 0 nitrogen and oxygen atoms in total. The SMILES string of the molecule is CC1(C)Cc2ccccc2C1S. The molecule has 1 aliphatic rings. The molecule has 0 spiro atoms. The van der Waals surface area contributed by atoms with Gasteiger partial charge in [0.25, 0.3) is 0 Å². The van der Waals surface area contributed by atoms with Crippen LogP contribution in [0, 0.1) is 5.41 Å². The minimum Gasteiger partial charge on any atom is -0.171 e. The zero-order chi connectivity index (χ0) is 8.77. The second kappa shape index (κ2) is 2.53. The molecule has 1 unspecified atom stereocenters. The highest BCUT2D eigenvalue weighted by Crippen LogP contribution is 2.48. The molecular formula is C11H14S. The van der Waals surface area contributed by atoms with Crippen LogP contribution in [0.5, 0.6) is 0 Å². The van der Waals surface area contributed by atoms with E-state index in [2.05, 4.69) is 50.7 Å². The highest BCUT2D eigenvalue weighted by Gasteiger charge is 2.35. The number of rotatable bonds is 0. The van der Waals surface area contributed by atoms with Gasteiger partial charge in [-0.3, -0.25) is 0 Å². The Morgan fingerprint density at radius 3 is 2.67 bits per heavy atom. The Bertz CT molecular complexity index is 302. The van der Waals surface area contributed by atoms with Crippen molar-refractivity contribution < 1.29 is 0 Å². The van der Waals surface area contributed by atoms with E-state index < -0.39 is 0 Å². The van der Waals surface area contributed by atoms with Crippen LogP contribution in [-0.2, 0) is 6.42 Å². The van der Waals surface area contributed by atoms with Crippen molar-refractivity contribution in [3.8, 4) is 0 Å². The van der Waals surface area contributed by atoms with Crippen LogP contribution in [0.15, 0.2) is 24.3 Å². The van der Waals surface area contributed by atoms with Gasteiger partial charge in [0.15, 0.2) is 0 Å². The first-order chi connectivity index (χ1) is 5.61. The molecule has 2 rings (SSSR count). The topological polar surface area (TPSA) is 0 Å². The van der Waals surface area contributed by atoms with Crippen LogP contribution in [0.4, 0.5) is 0 Å². The maximum Gasteiger partial charge on any atom is 0.0324 e. The van der Waals surface area contributed by atoms with Gasteiger partial charge < -0.3 is 0 Å². The lowest BCUT2D eigenvalue weighted by Gasteiger charge is -2.22. The van der Waals surface area contributed by atoms with E-state index in [0.29, 0.717) is 10.7 Å². The first-order valence-electron chi connectivity index (χ1n) is 4.37. The maximum atomic E-state index is 4.65. The Kier molecular flexibility index (Phi) is 1.72. The lowest BCUT2D eigenvalue weighted by Crippen LogP contribution is -2.12. The monoisotopic (exact) mass is 178 g/mol. The Morgan fingerprint density at radius 2 is 2.00 bits per heavy atom. The van der Waals surface area contributed by atoms with Crippen LogP contribution >= 0.6 is 12.6 Å². The van der Waals surface area contributed by atoms with Crippen LogP contribution in [0.1, 0.15) is 30.2 Å². The van der Waals surface area contributed by atoms with Crippen LogP contribution in [0.3, 0.4) is 0 Å². The molecule has 0 aromatic heterocycles. The van der Waals surface area contributed by atoms with E-state index in [1.165, 1.54) is 11.1 Å². The summed E-state index contributed by atoms with van der Waals surface area (Å²) in [5.74, 6) is 0. The zero-order valence-corrected chi connectivity index (χ0v) is 8.44. The Hall–Kier alpha value is -0.430. The second-order valence-corrected chi connectivity index (χ2v) is 4.78. The molecule has 0 saturated carbocycles. The highest BCUT2D eigenvalue weighted by atomic mass is 32.1. The van der Waals surface area contributed by atoms with Gasteiger partial charge in [-0.15, -0.1) is 0 Å². The Labute approximate surface area is 79.4 Å². The summed E-state index contributed by atoms with van der Waals surface area (Å²) in [6.07, 6.45) is 1.16. The Balaban J connectivity index is 2.49. The molecule has 12 heavy (non-hydrogen) atoms. The molecule has 0 saturated heterocycles. The summed E-state index contributed by atoms with van der Waals surface area (Å²) in [5, 5.41) is 0.411. The van der Waals surface area contributed by atoms with Crippen molar-refractivity contribution in [3.63, 3.8) is 0 Å². The molecule has 0 N–H and O–H groups in total. The van der Waals surface area contributed by atoms with Crippen molar-refractivity contribution in [1.82, 2.24) is 0 Å². The van der Waals surface area contributed by atoms with Crippen molar-refractivity contribution in [2.24, 2.45) is 5.41 Å². The van der Waals surface area contributed by atoms with Gasteiger partial charge >= 0.3 is 0 Å². The van der Waals surface area contributed by atoms with Gasteiger partial charge in [0.05, 0.1) is 0 Å². The van der Waals surface area contributed by atoms with Crippen LogP contribution in [0.25, 0.3) is 0 Å². The molecular weight excluding hydrogens is 164 g/mol. The smallest absolute Gasteiger partial charge is 0.0324 e. The van der Waals surface area contributed by atoms with Gasteiger partial charge in [0.2, 0.25) is 0 Å². The van der Waals surface area contributed by atoms with Crippen LogP contribution in [0.2, 0.25) is 0 Å². The average Bonchev–Trinajstić information content (AvgIpc) is 2.24. The molecule has 1 aliphatic carbocycles. The van der Waals surface area contributed by atoms with Gasteiger partial charge in [-0.25, -0.2) is 0 Å². The maximum absolute atomic E-state index is 4.65. The van der Waals surface area contributed by atoms with E-state index in [1.807, 2.05) is 0 Å². The van der Waals surface area contributed by atoms with Gasteiger partial charge in [-0.05, 0) is 23.0 Å². The summed E-state index contributed by atoms with van der Waals surface area (Å²) in [6.45, 7) is 4.56. The normalized spacial score (nSPS) is 25.4. The molecule has 0 fully saturated rings. The number of benzene rings is 1. The van der Waals surface area contributed by atoms with Crippen LogP contribution < -0.4 is 0 Å². The van der Waals surface area contributed by atoms with Gasteiger partial charge in [0, 0.05) is 5.25 Å². The van der Waals surface area contributed by atoms with E-state index in [9.17, 15) is 0 Å². The summed E-state index contributed by atoms with van der Waals surface area (Å²) in [7, 11) is 0. The zero-order valence-electron chi connectivity index (χ0n) is 7.54. The Morgan fingerprint density at radius 1 is 1.33 bits per heavy atom. The van der Waals surface area contributed by atoms with E-state index in [1.54, 1.807) is 0 Å². The quantitative estimate of drug-likeness (QED) is 0.579.